The highest BCUT2D eigenvalue weighted by molar-refractivity contribution is 5.73. The number of carbonyl (C=O) groups is 1. The van der Waals surface area contributed by atoms with Gasteiger partial charge in [-0.15, -0.1) is 15.3 Å². The van der Waals surface area contributed by atoms with Gasteiger partial charge in [-0.1, -0.05) is 0 Å². The van der Waals surface area contributed by atoms with Gasteiger partial charge in [-0.3, -0.25) is 0 Å². The first-order valence-electron chi connectivity index (χ1n) is 7.42. The molecule has 0 aromatic carbocycles. The van der Waals surface area contributed by atoms with Crippen LogP contribution in [-0.4, -0.2) is 75.9 Å². The Labute approximate surface area is 129 Å². The Hall–Kier alpha value is -2.38. The molecule has 0 N–H and O–H groups in total. The van der Waals surface area contributed by atoms with E-state index in [1.807, 2.05) is 24.1 Å². The van der Waals surface area contributed by atoms with Crippen molar-refractivity contribution in [2.75, 3.05) is 39.1 Å². The molecular weight excluding hydrogens is 282 g/mol. The molecule has 0 radical (unpaired) electrons. The molecule has 118 valence electrons. The lowest BCUT2D eigenvalue weighted by atomic mass is 10.0. The summed E-state index contributed by atoms with van der Waals surface area (Å²) in [6.07, 6.45) is 3.49. The Morgan fingerprint density at radius 2 is 1.95 bits per heavy atom. The lowest BCUT2D eigenvalue weighted by Crippen LogP contribution is -2.48. The maximum absolute atomic E-state index is 12.0. The zero-order chi connectivity index (χ0) is 15.7. The van der Waals surface area contributed by atoms with Crippen molar-refractivity contribution in [3.05, 3.63) is 18.5 Å². The second-order valence-corrected chi connectivity index (χ2v) is 5.83. The molecule has 1 aliphatic rings. The number of aromatic nitrogens is 4. The largest absolute Gasteiger partial charge is 0.355 e. The predicted molar refractivity (Wildman–Crippen MR) is 82.9 cm³/mol. The van der Waals surface area contributed by atoms with E-state index in [-0.39, 0.29) is 12.1 Å². The molecule has 22 heavy (non-hydrogen) atoms. The number of fused-ring (bicyclic) bond motifs is 1. The predicted octanol–water partition coefficient (Wildman–Crippen LogP) is 0.706. The number of urea groups is 1. The Bertz CT molecular complexity index is 660. The number of amides is 2. The molecule has 0 aliphatic carbocycles. The summed E-state index contributed by atoms with van der Waals surface area (Å²) in [5.41, 5.74) is 0.745. The fraction of sp³-hybridized carbons (Fsp3) is 0.571. The summed E-state index contributed by atoms with van der Waals surface area (Å²) in [5, 5.41) is 12.3. The second-order valence-electron chi connectivity index (χ2n) is 5.83. The second kappa shape index (κ2) is 5.78. The normalized spacial score (nSPS) is 16.0. The van der Waals surface area contributed by atoms with Gasteiger partial charge in [0.2, 0.25) is 0 Å². The molecule has 8 nitrogen and oxygen atoms in total. The zero-order valence-electron chi connectivity index (χ0n) is 13.2. The summed E-state index contributed by atoms with van der Waals surface area (Å²) >= 11 is 0. The van der Waals surface area contributed by atoms with Crippen molar-refractivity contribution in [3.63, 3.8) is 0 Å². The molecule has 2 aromatic heterocycles. The molecule has 0 atom stereocenters. The summed E-state index contributed by atoms with van der Waals surface area (Å²) in [6.45, 7) is 1.77. The SMILES string of the molecule is CN(C)C(=O)N(C)C1CCN(c2ccc3nncn3n2)CC1. The van der Waals surface area contributed by atoms with E-state index in [1.54, 1.807) is 29.8 Å². The van der Waals surface area contributed by atoms with E-state index in [0.717, 1.165) is 37.4 Å². The van der Waals surface area contributed by atoms with Gasteiger partial charge in [0.15, 0.2) is 5.65 Å². The van der Waals surface area contributed by atoms with Crippen LogP contribution in [0.3, 0.4) is 0 Å². The minimum absolute atomic E-state index is 0.0579. The van der Waals surface area contributed by atoms with Crippen LogP contribution in [0.2, 0.25) is 0 Å². The smallest absolute Gasteiger partial charge is 0.319 e. The summed E-state index contributed by atoms with van der Waals surface area (Å²) in [6, 6.07) is 4.23. The topological polar surface area (TPSA) is 69.9 Å². The third-order valence-electron chi connectivity index (χ3n) is 4.17. The van der Waals surface area contributed by atoms with E-state index in [4.69, 9.17) is 0 Å². The van der Waals surface area contributed by atoms with Gasteiger partial charge < -0.3 is 14.7 Å². The molecule has 0 bridgehead atoms. The number of rotatable bonds is 2. The molecule has 1 fully saturated rings. The van der Waals surface area contributed by atoms with Gasteiger partial charge in [0, 0.05) is 40.3 Å². The minimum Gasteiger partial charge on any atom is -0.355 e. The quantitative estimate of drug-likeness (QED) is 0.817. The molecular formula is C14H21N7O. The highest BCUT2D eigenvalue weighted by Gasteiger charge is 2.26. The third-order valence-corrected chi connectivity index (χ3v) is 4.17. The Kier molecular flexibility index (Phi) is 3.82. The highest BCUT2D eigenvalue weighted by Crippen LogP contribution is 2.21. The molecule has 3 rings (SSSR count). The van der Waals surface area contributed by atoms with Crippen LogP contribution in [0.5, 0.6) is 0 Å². The number of nitrogens with zero attached hydrogens (tertiary/aromatic N) is 7. The number of anilines is 1. The standard InChI is InChI=1S/C14H21N7O/c1-18(2)14(22)19(3)11-6-8-20(9-7-11)13-5-4-12-16-15-10-21(12)17-13/h4-5,10-11H,6-9H2,1-3H3. The van der Waals surface area contributed by atoms with E-state index < -0.39 is 0 Å². The maximum Gasteiger partial charge on any atom is 0.319 e. The van der Waals surface area contributed by atoms with Crippen LogP contribution in [0.25, 0.3) is 5.65 Å². The maximum atomic E-state index is 12.0. The van der Waals surface area contributed by atoms with Gasteiger partial charge >= 0.3 is 6.03 Å². The van der Waals surface area contributed by atoms with Crippen LogP contribution in [-0.2, 0) is 0 Å². The molecule has 2 amide bonds. The number of piperidine rings is 1. The van der Waals surface area contributed by atoms with Gasteiger partial charge in [-0.2, -0.15) is 4.52 Å². The van der Waals surface area contributed by atoms with E-state index in [0.29, 0.717) is 0 Å². The fourth-order valence-corrected chi connectivity index (χ4v) is 2.84. The molecule has 0 unspecified atom stereocenters. The first-order valence-corrected chi connectivity index (χ1v) is 7.42. The van der Waals surface area contributed by atoms with E-state index in [9.17, 15) is 4.79 Å². The highest BCUT2D eigenvalue weighted by atomic mass is 16.2. The van der Waals surface area contributed by atoms with Gasteiger partial charge in [0.1, 0.15) is 12.1 Å². The third kappa shape index (κ3) is 2.68. The first kappa shape index (κ1) is 14.6. The van der Waals surface area contributed by atoms with Crippen LogP contribution in [0.1, 0.15) is 12.8 Å². The zero-order valence-corrected chi connectivity index (χ0v) is 13.2. The Morgan fingerprint density at radius 3 is 2.64 bits per heavy atom. The molecule has 2 aromatic rings. The molecule has 3 heterocycles. The number of hydrogen-bond donors (Lipinski definition) is 0. The van der Waals surface area contributed by atoms with Crippen LogP contribution < -0.4 is 4.90 Å². The van der Waals surface area contributed by atoms with Crippen LogP contribution in [0, 0.1) is 0 Å². The van der Waals surface area contributed by atoms with Crippen molar-refractivity contribution in [1.82, 2.24) is 29.6 Å². The lowest BCUT2D eigenvalue weighted by Gasteiger charge is -2.38. The van der Waals surface area contributed by atoms with Crippen molar-refractivity contribution in [1.29, 1.82) is 0 Å². The molecule has 1 saturated heterocycles. The van der Waals surface area contributed by atoms with Gasteiger partial charge in [-0.25, -0.2) is 4.79 Å². The van der Waals surface area contributed by atoms with Crippen LogP contribution in [0.15, 0.2) is 18.5 Å². The van der Waals surface area contributed by atoms with Crippen LogP contribution >= 0.6 is 0 Å². The van der Waals surface area contributed by atoms with Crippen molar-refractivity contribution in [2.45, 2.75) is 18.9 Å². The monoisotopic (exact) mass is 303 g/mol. The Balaban J connectivity index is 1.65. The van der Waals surface area contributed by atoms with Gasteiger partial charge in [0.05, 0.1) is 0 Å². The van der Waals surface area contributed by atoms with E-state index in [2.05, 4.69) is 20.2 Å². The van der Waals surface area contributed by atoms with Crippen molar-refractivity contribution in [2.24, 2.45) is 0 Å². The molecule has 8 heteroatoms. The number of carbonyl (C=O) groups excluding carboxylic acids is 1. The number of hydrogen-bond acceptors (Lipinski definition) is 5. The van der Waals surface area contributed by atoms with Crippen molar-refractivity contribution in [3.8, 4) is 0 Å². The van der Waals surface area contributed by atoms with Crippen LogP contribution in [0.4, 0.5) is 10.6 Å². The average molecular weight is 303 g/mol. The summed E-state index contributed by atoms with van der Waals surface area (Å²) in [4.78, 5) is 17.7. The van der Waals surface area contributed by atoms with E-state index >= 15 is 0 Å². The minimum atomic E-state index is 0.0579. The van der Waals surface area contributed by atoms with Crippen molar-refractivity contribution >= 4 is 17.5 Å². The van der Waals surface area contributed by atoms with Crippen molar-refractivity contribution < 1.29 is 4.79 Å². The molecule has 1 aliphatic heterocycles. The summed E-state index contributed by atoms with van der Waals surface area (Å²) in [7, 11) is 5.45. The van der Waals surface area contributed by atoms with Gasteiger partial charge in [-0.05, 0) is 25.0 Å². The first-order chi connectivity index (χ1) is 10.6. The average Bonchev–Trinajstić information content (AvgIpc) is 3.01. The molecule has 0 saturated carbocycles. The summed E-state index contributed by atoms with van der Waals surface area (Å²) in [5.74, 6) is 0.923. The van der Waals surface area contributed by atoms with E-state index in [1.165, 1.54) is 0 Å². The van der Waals surface area contributed by atoms with Gasteiger partial charge in [0.25, 0.3) is 0 Å². The molecule has 0 spiro atoms. The Morgan fingerprint density at radius 1 is 1.23 bits per heavy atom. The summed E-state index contributed by atoms with van der Waals surface area (Å²) < 4.78 is 1.68. The fourth-order valence-electron chi connectivity index (χ4n) is 2.84. The lowest BCUT2D eigenvalue weighted by molar-refractivity contribution is 0.155.